The van der Waals surface area contributed by atoms with Crippen LogP contribution in [-0.2, 0) is 22.6 Å². The van der Waals surface area contributed by atoms with Crippen LogP contribution in [0.1, 0.15) is 65.7 Å². The molecule has 1 N–H and O–H groups in total. The minimum Gasteiger partial charge on any atom is -0.345 e. The van der Waals surface area contributed by atoms with Gasteiger partial charge in [-0.25, -0.2) is 12.7 Å². The Labute approximate surface area is 246 Å². The van der Waals surface area contributed by atoms with Crippen LogP contribution in [0.25, 0.3) is 0 Å². The third-order valence-corrected chi connectivity index (χ3v) is 9.78. The van der Waals surface area contributed by atoms with E-state index in [-0.39, 0.29) is 16.4 Å². The third kappa shape index (κ3) is 6.57. The maximum absolute atomic E-state index is 13.4. The molecule has 1 heterocycles. The second-order valence-corrected chi connectivity index (χ2v) is 13.2. The lowest BCUT2D eigenvalue weighted by Gasteiger charge is -2.19. The number of carbonyl (C=O) groups is 2. The van der Waals surface area contributed by atoms with Crippen molar-refractivity contribution in [2.45, 2.75) is 44.3 Å². The maximum Gasteiger partial charge on any atom is 0.416 e. The number of thiophene rings is 1. The molecule has 0 saturated carbocycles. The zero-order chi connectivity index (χ0) is 30.8. The molecule has 220 valence electrons. The topological polar surface area (TPSA) is 83.6 Å². The number of nitrogens with zero attached hydrogens (tertiary/aromatic N) is 1. The number of halogens is 3. The van der Waals surface area contributed by atoms with E-state index in [1.807, 2.05) is 13.8 Å². The van der Waals surface area contributed by atoms with Gasteiger partial charge < -0.3 is 5.32 Å². The smallest absolute Gasteiger partial charge is 0.345 e. The molecular formula is C31H29F3N2O4S2. The summed E-state index contributed by atoms with van der Waals surface area (Å²) >= 11 is 1.45. The van der Waals surface area contributed by atoms with E-state index >= 15 is 0 Å². The number of alkyl halides is 3. The molecule has 0 radical (unpaired) electrons. The van der Waals surface area contributed by atoms with E-state index in [0.29, 0.717) is 27.4 Å². The number of hydrogen-bond acceptors (Lipinski definition) is 5. The Bertz CT molecular complexity index is 1700. The fourth-order valence-electron chi connectivity index (χ4n) is 4.56. The zero-order valence-corrected chi connectivity index (χ0v) is 25.0. The van der Waals surface area contributed by atoms with Crippen LogP contribution in [0.5, 0.6) is 0 Å². The van der Waals surface area contributed by atoms with Crippen molar-refractivity contribution in [3.8, 4) is 0 Å². The summed E-state index contributed by atoms with van der Waals surface area (Å²) < 4.78 is 65.2. The van der Waals surface area contributed by atoms with Gasteiger partial charge in [-0.3, -0.25) is 9.59 Å². The summed E-state index contributed by atoms with van der Waals surface area (Å²) in [6.07, 6.45) is -4.11. The molecular weight excluding hydrogens is 585 g/mol. The quantitative estimate of drug-likeness (QED) is 0.233. The molecule has 0 aliphatic rings. The van der Waals surface area contributed by atoms with Crippen molar-refractivity contribution in [2.24, 2.45) is 0 Å². The number of hydrogen-bond donors (Lipinski definition) is 1. The van der Waals surface area contributed by atoms with Crippen LogP contribution in [0.4, 0.5) is 13.2 Å². The highest BCUT2D eigenvalue weighted by molar-refractivity contribution is 7.89. The molecule has 0 spiro atoms. The van der Waals surface area contributed by atoms with Gasteiger partial charge in [-0.1, -0.05) is 42.5 Å². The van der Waals surface area contributed by atoms with Gasteiger partial charge in [-0.2, -0.15) is 13.2 Å². The van der Waals surface area contributed by atoms with Crippen molar-refractivity contribution in [1.29, 1.82) is 0 Å². The first-order chi connectivity index (χ1) is 19.7. The average Bonchev–Trinajstić information content (AvgIpc) is 3.24. The van der Waals surface area contributed by atoms with Crippen molar-refractivity contribution in [3.05, 3.63) is 122 Å². The highest BCUT2D eigenvalue weighted by Crippen LogP contribution is 2.32. The van der Waals surface area contributed by atoms with E-state index in [1.165, 1.54) is 54.8 Å². The van der Waals surface area contributed by atoms with Crippen molar-refractivity contribution in [2.75, 3.05) is 7.05 Å². The lowest BCUT2D eigenvalue weighted by Crippen LogP contribution is -2.33. The molecule has 1 atom stereocenters. The summed E-state index contributed by atoms with van der Waals surface area (Å²) in [6.45, 7) is 5.49. The summed E-state index contributed by atoms with van der Waals surface area (Å²) in [5.41, 5.74) is 2.04. The van der Waals surface area contributed by atoms with Gasteiger partial charge in [0, 0.05) is 22.4 Å². The van der Waals surface area contributed by atoms with E-state index in [9.17, 15) is 31.2 Å². The summed E-state index contributed by atoms with van der Waals surface area (Å²) in [4.78, 5) is 28.0. The van der Waals surface area contributed by atoms with Crippen LogP contribution in [-0.4, -0.2) is 31.6 Å². The fourth-order valence-corrected chi connectivity index (χ4v) is 6.78. The molecule has 11 heteroatoms. The van der Waals surface area contributed by atoms with Gasteiger partial charge in [0.2, 0.25) is 0 Å². The summed E-state index contributed by atoms with van der Waals surface area (Å²) in [7, 11) is -2.82. The standard InChI is InChI=1S/C31H29F3N2O4S2/c1-19(23-12-14-24(15-13-23)30(38)36(4)42(39,40)26-8-6-5-7-9-26)35-29(37)28-21(3)41-20(2)27(28)18-22-10-16-25(17-11-22)31(32,33)34/h5-17,19H,18H2,1-4H3,(H,35,37)/t19-/m0/s1. The monoisotopic (exact) mass is 614 g/mol. The lowest BCUT2D eigenvalue weighted by molar-refractivity contribution is -0.137. The maximum atomic E-state index is 13.4. The van der Waals surface area contributed by atoms with Crippen LogP contribution in [0.15, 0.2) is 83.8 Å². The van der Waals surface area contributed by atoms with Crippen molar-refractivity contribution in [3.63, 3.8) is 0 Å². The summed E-state index contributed by atoms with van der Waals surface area (Å²) in [6, 6.07) is 18.4. The van der Waals surface area contributed by atoms with E-state index in [2.05, 4.69) is 5.32 Å². The minimum atomic E-state index is -4.42. The number of rotatable bonds is 8. The van der Waals surface area contributed by atoms with E-state index in [0.717, 1.165) is 27.5 Å². The number of amides is 2. The first-order valence-electron chi connectivity index (χ1n) is 12.9. The van der Waals surface area contributed by atoms with E-state index < -0.39 is 33.7 Å². The van der Waals surface area contributed by atoms with Gasteiger partial charge in [0.15, 0.2) is 0 Å². The van der Waals surface area contributed by atoms with Crippen molar-refractivity contribution < 1.29 is 31.2 Å². The SMILES string of the molecule is Cc1sc(C)c(C(=O)N[C@@H](C)c2ccc(C(=O)N(C)S(=O)(=O)c3ccccc3)cc2)c1Cc1ccc(C(F)(F)F)cc1. The molecule has 0 aliphatic carbocycles. The molecule has 4 aromatic rings. The number of benzene rings is 3. The molecule has 2 amide bonds. The van der Waals surface area contributed by atoms with Crippen LogP contribution in [0.2, 0.25) is 0 Å². The Hall–Kier alpha value is -3.96. The molecule has 0 fully saturated rings. The van der Waals surface area contributed by atoms with Gasteiger partial charge in [0.25, 0.3) is 21.8 Å². The van der Waals surface area contributed by atoms with Gasteiger partial charge >= 0.3 is 6.18 Å². The second kappa shape index (κ2) is 12.1. The van der Waals surface area contributed by atoms with Crippen molar-refractivity contribution in [1.82, 2.24) is 9.62 Å². The minimum absolute atomic E-state index is 0.00505. The molecule has 0 aliphatic heterocycles. The molecule has 3 aromatic carbocycles. The Morgan fingerprint density at radius 1 is 0.905 bits per heavy atom. The molecule has 4 rings (SSSR count). The molecule has 1 aromatic heterocycles. The molecule has 0 saturated heterocycles. The summed E-state index contributed by atoms with van der Waals surface area (Å²) in [5.74, 6) is -1.01. The van der Waals surface area contributed by atoms with Crippen LogP contribution in [0.3, 0.4) is 0 Å². The largest absolute Gasteiger partial charge is 0.416 e. The Morgan fingerprint density at radius 3 is 2.07 bits per heavy atom. The average molecular weight is 615 g/mol. The Morgan fingerprint density at radius 2 is 1.50 bits per heavy atom. The van der Waals surface area contributed by atoms with Gasteiger partial charge in [-0.05, 0) is 80.3 Å². The molecule has 42 heavy (non-hydrogen) atoms. The second-order valence-electron chi connectivity index (χ2n) is 9.85. The number of nitrogens with one attached hydrogen (secondary N) is 1. The van der Waals surface area contributed by atoms with Gasteiger partial charge in [-0.15, -0.1) is 11.3 Å². The van der Waals surface area contributed by atoms with Gasteiger partial charge in [0.1, 0.15) is 0 Å². The zero-order valence-electron chi connectivity index (χ0n) is 23.3. The van der Waals surface area contributed by atoms with Crippen molar-refractivity contribution >= 4 is 33.2 Å². The van der Waals surface area contributed by atoms with E-state index in [4.69, 9.17) is 0 Å². The molecule has 0 unspecified atom stereocenters. The highest BCUT2D eigenvalue weighted by Gasteiger charge is 2.30. The van der Waals surface area contributed by atoms with Gasteiger partial charge in [0.05, 0.1) is 22.1 Å². The predicted octanol–water partition coefficient (Wildman–Crippen LogP) is 6.93. The first-order valence-corrected chi connectivity index (χ1v) is 15.2. The number of aryl methyl sites for hydroxylation is 2. The highest BCUT2D eigenvalue weighted by atomic mass is 32.2. The first kappa shape index (κ1) is 31.0. The third-order valence-electron chi connectivity index (χ3n) is 6.97. The van der Waals surface area contributed by atoms with E-state index in [1.54, 1.807) is 37.3 Å². The number of sulfonamides is 1. The fraction of sp³-hybridized carbons (Fsp3) is 0.226. The van der Waals surface area contributed by atoms with Crippen LogP contribution < -0.4 is 5.32 Å². The van der Waals surface area contributed by atoms with Crippen LogP contribution in [0, 0.1) is 13.8 Å². The number of carbonyl (C=O) groups excluding carboxylic acids is 2. The predicted molar refractivity (Wildman–Crippen MR) is 156 cm³/mol. The Kier molecular flexibility index (Phi) is 8.93. The normalized spacial score (nSPS) is 12.5. The lowest BCUT2D eigenvalue weighted by atomic mass is 9.98. The molecule has 0 bridgehead atoms. The van der Waals surface area contributed by atoms with Crippen LogP contribution >= 0.6 is 11.3 Å². The Balaban J connectivity index is 1.47. The molecule has 6 nitrogen and oxygen atoms in total. The summed E-state index contributed by atoms with van der Waals surface area (Å²) in [5, 5.41) is 2.97.